The largest absolute Gasteiger partial charge is 0.383 e. The van der Waals surface area contributed by atoms with E-state index in [1.54, 1.807) is 13.3 Å². The predicted molar refractivity (Wildman–Crippen MR) is 60.8 cm³/mol. The maximum atomic E-state index is 8.99. The van der Waals surface area contributed by atoms with E-state index in [4.69, 9.17) is 10.00 Å². The van der Waals surface area contributed by atoms with Crippen molar-refractivity contribution in [1.29, 1.82) is 5.26 Å². The Bertz CT molecular complexity index is 342. The summed E-state index contributed by atoms with van der Waals surface area (Å²) in [6.07, 6.45) is 4.37. The number of methoxy groups -OCH3 is 1. The molecule has 5 heteroatoms. The third-order valence-corrected chi connectivity index (χ3v) is 2.39. The first-order chi connectivity index (χ1) is 7.83. The molecule has 0 bridgehead atoms. The molecule has 0 aliphatic heterocycles. The van der Waals surface area contributed by atoms with Gasteiger partial charge in [-0.3, -0.25) is 0 Å². The first-order valence-electron chi connectivity index (χ1n) is 5.44. The summed E-state index contributed by atoms with van der Waals surface area (Å²) in [6.45, 7) is 4.12. The molecule has 0 saturated carbocycles. The molecule has 88 valence electrons. The van der Waals surface area contributed by atoms with E-state index in [2.05, 4.69) is 16.4 Å². The number of nitriles is 1. The lowest BCUT2D eigenvalue weighted by Crippen LogP contribution is -2.22. The van der Waals surface area contributed by atoms with Crippen molar-refractivity contribution in [3.63, 3.8) is 0 Å². The maximum Gasteiger partial charge on any atom is 0.123 e. The Morgan fingerprint density at radius 3 is 3.12 bits per heavy atom. The Balaban J connectivity index is 2.54. The summed E-state index contributed by atoms with van der Waals surface area (Å²) in [6, 6.07) is 2.14. The van der Waals surface area contributed by atoms with Crippen LogP contribution in [0.2, 0.25) is 0 Å². The first kappa shape index (κ1) is 12.7. The van der Waals surface area contributed by atoms with Gasteiger partial charge in [0, 0.05) is 26.0 Å². The van der Waals surface area contributed by atoms with Crippen LogP contribution in [0.15, 0.2) is 12.4 Å². The average molecular weight is 222 g/mol. The number of nitrogens with one attached hydrogen (secondary N) is 1. The molecule has 0 aliphatic carbocycles. The zero-order valence-electron chi connectivity index (χ0n) is 9.81. The molecule has 0 aromatic carbocycles. The monoisotopic (exact) mass is 222 g/mol. The van der Waals surface area contributed by atoms with Crippen molar-refractivity contribution in [1.82, 2.24) is 14.9 Å². The molecule has 5 nitrogen and oxygen atoms in total. The molecule has 0 radical (unpaired) electrons. The van der Waals surface area contributed by atoms with Gasteiger partial charge in [-0.25, -0.2) is 4.98 Å². The molecule has 0 amide bonds. The molecule has 1 aromatic heterocycles. The number of nitrogens with zero attached hydrogens (tertiary/aromatic N) is 3. The van der Waals surface area contributed by atoms with E-state index >= 15 is 0 Å². The molecule has 1 heterocycles. The summed E-state index contributed by atoms with van der Waals surface area (Å²) in [4.78, 5) is 4.24. The van der Waals surface area contributed by atoms with Gasteiger partial charge in [0.2, 0.25) is 0 Å². The van der Waals surface area contributed by atoms with Crippen LogP contribution >= 0.6 is 0 Å². The van der Waals surface area contributed by atoms with Gasteiger partial charge in [0.25, 0.3) is 0 Å². The quantitative estimate of drug-likeness (QED) is 0.701. The third kappa shape index (κ3) is 3.33. The third-order valence-electron chi connectivity index (χ3n) is 2.39. The summed E-state index contributed by atoms with van der Waals surface area (Å²) in [5.74, 6) is 0.893. The fraction of sp³-hybridized carbons (Fsp3) is 0.636. The van der Waals surface area contributed by atoms with Crippen LogP contribution in [0.5, 0.6) is 0 Å². The van der Waals surface area contributed by atoms with Gasteiger partial charge in [-0.05, 0) is 6.42 Å². The molecular formula is C11H18N4O. The lowest BCUT2D eigenvalue weighted by molar-refractivity contribution is 0.198. The van der Waals surface area contributed by atoms with Gasteiger partial charge in [-0.1, -0.05) is 6.92 Å². The van der Waals surface area contributed by atoms with E-state index in [1.807, 2.05) is 17.7 Å². The number of aromatic nitrogens is 2. The fourth-order valence-corrected chi connectivity index (χ4v) is 1.49. The average Bonchev–Trinajstić information content (AvgIpc) is 2.75. The van der Waals surface area contributed by atoms with Crippen molar-refractivity contribution in [2.75, 3.05) is 20.3 Å². The molecule has 1 atom stereocenters. The minimum absolute atomic E-state index is 0.123. The van der Waals surface area contributed by atoms with E-state index in [0.717, 1.165) is 18.8 Å². The number of hydrogen-bond donors (Lipinski definition) is 1. The molecule has 0 aliphatic rings. The Morgan fingerprint density at radius 1 is 1.69 bits per heavy atom. The van der Waals surface area contributed by atoms with Crippen molar-refractivity contribution in [2.24, 2.45) is 0 Å². The summed E-state index contributed by atoms with van der Waals surface area (Å²) >= 11 is 0. The lowest BCUT2D eigenvalue weighted by Gasteiger charge is -2.12. The SMILES string of the molecule is CCC(C#N)n1ccnc1CNCCOC. The second-order valence-electron chi connectivity index (χ2n) is 3.47. The summed E-state index contributed by atoms with van der Waals surface area (Å²) in [7, 11) is 1.67. The van der Waals surface area contributed by atoms with Crippen LogP contribution in [-0.4, -0.2) is 29.8 Å². The highest BCUT2D eigenvalue weighted by Crippen LogP contribution is 2.12. The van der Waals surface area contributed by atoms with Gasteiger partial charge in [-0.2, -0.15) is 5.26 Å². The molecule has 1 rings (SSSR count). The van der Waals surface area contributed by atoms with Gasteiger partial charge in [0.05, 0.1) is 19.2 Å². The number of ether oxygens (including phenoxy) is 1. The second-order valence-corrected chi connectivity index (χ2v) is 3.47. The van der Waals surface area contributed by atoms with E-state index in [0.29, 0.717) is 13.2 Å². The smallest absolute Gasteiger partial charge is 0.123 e. The maximum absolute atomic E-state index is 8.99. The van der Waals surface area contributed by atoms with Gasteiger partial charge in [0.15, 0.2) is 0 Å². The molecular weight excluding hydrogens is 204 g/mol. The highest BCUT2D eigenvalue weighted by molar-refractivity contribution is 5.01. The minimum atomic E-state index is -0.123. The van der Waals surface area contributed by atoms with E-state index in [-0.39, 0.29) is 6.04 Å². The standard InChI is InChI=1S/C11H18N4O/c1-3-10(8-12)15-6-4-14-11(15)9-13-5-7-16-2/h4,6,10,13H,3,5,7,9H2,1-2H3. The van der Waals surface area contributed by atoms with Crippen molar-refractivity contribution in [3.8, 4) is 6.07 Å². The summed E-state index contributed by atoms with van der Waals surface area (Å²) < 4.78 is 6.86. The normalized spacial score (nSPS) is 12.3. The van der Waals surface area contributed by atoms with Gasteiger partial charge in [0.1, 0.15) is 11.9 Å². The topological polar surface area (TPSA) is 62.9 Å². The summed E-state index contributed by atoms with van der Waals surface area (Å²) in [5.41, 5.74) is 0. The van der Waals surface area contributed by atoms with Crippen LogP contribution in [0.1, 0.15) is 25.2 Å². The highest BCUT2D eigenvalue weighted by atomic mass is 16.5. The van der Waals surface area contributed by atoms with Gasteiger partial charge < -0.3 is 14.6 Å². The predicted octanol–water partition coefficient (Wildman–Crippen LogP) is 1.09. The number of rotatable bonds is 7. The molecule has 1 unspecified atom stereocenters. The minimum Gasteiger partial charge on any atom is -0.383 e. The van der Waals surface area contributed by atoms with Crippen LogP contribution in [0.25, 0.3) is 0 Å². The second kappa shape index (κ2) is 6.99. The lowest BCUT2D eigenvalue weighted by atomic mass is 10.2. The Hall–Kier alpha value is -1.38. The van der Waals surface area contributed by atoms with E-state index < -0.39 is 0 Å². The van der Waals surface area contributed by atoms with Crippen LogP contribution in [0, 0.1) is 11.3 Å². The molecule has 0 fully saturated rings. The van der Waals surface area contributed by atoms with E-state index in [1.165, 1.54) is 0 Å². The van der Waals surface area contributed by atoms with Crippen LogP contribution in [-0.2, 0) is 11.3 Å². The highest BCUT2D eigenvalue weighted by Gasteiger charge is 2.10. The van der Waals surface area contributed by atoms with Gasteiger partial charge >= 0.3 is 0 Å². The molecule has 16 heavy (non-hydrogen) atoms. The Morgan fingerprint density at radius 2 is 2.50 bits per heavy atom. The molecule has 0 spiro atoms. The molecule has 1 aromatic rings. The van der Waals surface area contributed by atoms with Crippen molar-refractivity contribution in [2.45, 2.75) is 25.9 Å². The summed E-state index contributed by atoms with van der Waals surface area (Å²) in [5, 5.41) is 12.2. The van der Waals surface area contributed by atoms with Crippen molar-refractivity contribution < 1.29 is 4.74 Å². The van der Waals surface area contributed by atoms with Crippen LogP contribution in [0.4, 0.5) is 0 Å². The van der Waals surface area contributed by atoms with Crippen LogP contribution in [0.3, 0.4) is 0 Å². The zero-order valence-corrected chi connectivity index (χ0v) is 9.81. The van der Waals surface area contributed by atoms with Crippen molar-refractivity contribution in [3.05, 3.63) is 18.2 Å². The fourth-order valence-electron chi connectivity index (χ4n) is 1.49. The van der Waals surface area contributed by atoms with Gasteiger partial charge in [-0.15, -0.1) is 0 Å². The Labute approximate surface area is 96.0 Å². The van der Waals surface area contributed by atoms with Crippen molar-refractivity contribution >= 4 is 0 Å². The first-order valence-corrected chi connectivity index (χ1v) is 5.44. The molecule has 1 N–H and O–H groups in total. The zero-order chi connectivity index (χ0) is 11.8. The van der Waals surface area contributed by atoms with Crippen LogP contribution < -0.4 is 5.32 Å². The Kier molecular flexibility index (Phi) is 5.54. The number of imidazole rings is 1. The number of hydrogen-bond acceptors (Lipinski definition) is 4. The molecule has 0 saturated heterocycles. The van der Waals surface area contributed by atoms with E-state index in [9.17, 15) is 0 Å².